The number of carbonyl (C=O) groups excluding carboxylic acids is 1. The lowest BCUT2D eigenvalue weighted by molar-refractivity contribution is -0.111. The molecule has 0 aromatic heterocycles. The van der Waals surface area contributed by atoms with Crippen LogP contribution in [-0.4, -0.2) is 13.0 Å². The zero-order chi connectivity index (χ0) is 16.1. The van der Waals surface area contributed by atoms with Crippen LogP contribution in [0.2, 0.25) is 0 Å². The number of halogens is 1. The number of carbonyl (C=O) groups is 1. The lowest BCUT2D eigenvalue weighted by Gasteiger charge is -2.08. The highest BCUT2D eigenvalue weighted by molar-refractivity contribution is 9.10. The van der Waals surface area contributed by atoms with Gasteiger partial charge in [0.1, 0.15) is 5.75 Å². The minimum Gasteiger partial charge on any atom is -0.496 e. The van der Waals surface area contributed by atoms with Crippen molar-refractivity contribution >= 4 is 33.6 Å². The van der Waals surface area contributed by atoms with Gasteiger partial charge in [-0.05, 0) is 70.7 Å². The summed E-state index contributed by atoms with van der Waals surface area (Å²) in [5, 5.41) is 2.90. The number of anilines is 1. The van der Waals surface area contributed by atoms with Crippen LogP contribution in [0.25, 0.3) is 6.08 Å². The smallest absolute Gasteiger partial charge is 0.248 e. The summed E-state index contributed by atoms with van der Waals surface area (Å²) in [4.78, 5) is 12.0. The summed E-state index contributed by atoms with van der Waals surface area (Å²) in [7, 11) is 1.62. The second-order valence-corrected chi connectivity index (χ2v) is 5.82. The van der Waals surface area contributed by atoms with Crippen LogP contribution >= 0.6 is 15.9 Å². The van der Waals surface area contributed by atoms with E-state index in [0.29, 0.717) is 0 Å². The lowest BCUT2D eigenvalue weighted by atomic mass is 10.1. The van der Waals surface area contributed by atoms with Crippen molar-refractivity contribution in [2.45, 2.75) is 13.8 Å². The number of ether oxygens (including phenoxy) is 1. The molecule has 2 aromatic carbocycles. The molecule has 3 nitrogen and oxygen atoms in total. The predicted octanol–water partition coefficient (Wildman–Crippen LogP) is 4.73. The molecule has 1 amide bonds. The molecule has 4 heteroatoms. The molecule has 0 saturated carbocycles. The zero-order valence-corrected chi connectivity index (χ0v) is 14.4. The third-order valence-corrected chi connectivity index (χ3v) is 4.09. The molecular weight excluding hydrogens is 342 g/mol. The third kappa shape index (κ3) is 3.98. The van der Waals surface area contributed by atoms with Gasteiger partial charge in [0, 0.05) is 11.8 Å². The Hall–Kier alpha value is -2.07. The largest absolute Gasteiger partial charge is 0.496 e. The molecule has 0 radical (unpaired) electrons. The molecule has 0 spiro atoms. The summed E-state index contributed by atoms with van der Waals surface area (Å²) in [5.74, 6) is 0.609. The van der Waals surface area contributed by atoms with E-state index >= 15 is 0 Å². The maximum atomic E-state index is 12.0. The van der Waals surface area contributed by atoms with E-state index < -0.39 is 0 Å². The summed E-state index contributed by atoms with van der Waals surface area (Å²) >= 11 is 3.43. The Morgan fingerprint density at radius 1 is 1.23 bits per heavy atom. The number of amides is 1. The number of hydrogen-bond acceptors (Lipinski definition) is 2. The van der Waals surface area contributed by atoms with Crippen LogP contribution in [0.5, 0.6) is 5.75 Å². The second-order valence-electron chi connectivity index (χ2n) is 4.96. The lowest BCUT2D eigenvalue weighted by Crippen LogP contribution is -2.09. The van der Waals surface area contributed by atoms with Gasteiger partial charge < -0.3 is 10.1 Å². The molecule has 22 heavy (non-hydrogen) atoms. The van der Waals surface area contributed by atoms with Gasteiger partial charge in [-0.25, -0.2) is 0 Å². The quantitative estimate of drug-likeness (QED) is 0.801. The highest BCUT2D eigenvalue weighted by Gasteiger charge is 2.04. The van der Waals surface area contributed by atoms with Crippen LogP contribution in [0.3, 0.4) is 0 Å². The molecule has 1 N–H and O–H groups in total. The normalized spacial score (nSPS) is 10.7. The predicted molar refractivity (Wildman–Crippen MR) is 94.3 cm³/mol. The van der Waals surface area contributed by atoms with E-state index in [4.69, 9.17) is 4.74 Å². The number of methoxy groups -OCH3 is 1. The molecule has 0 bridgehead atoms. The van der Waals surface area contributed by atoms with E-state index in [0.717, 1.165) is 32.6 Å². The first-order chi connectivity index (χ1) is 10.5. The van der Waals surface area contributed by atoms with E-state index in [9.17, 15) is 4.79 Å². The first-order valence-electron chi connectivity index (χ1n) is 6.90. The Balaban J connectivity index is 2.08. The van der Waals surface area contributed by atoms with Gasteiger partial charge in [-0.2, -0.15) is 0 Å². The van der Waals surface area contributed by atoms with Crippen molar-refractivity contribution in [2.75, 3.05) is 12.4 Å². The Bertz CT molecular complexity index is 723. The molecule has 0 aliphatic carbocycles. The Labute approximate surface area is 139 Å². The van der Waals surface area contributed by atoms with Crippen molar-refractivity contribution in [3.8, 4) is 5.75 Å². The van der Waals surface area contributed by atoms with Crippen molar-refractivity contribution in [3.63, 3.8) is 0 Å². The summed E-state index contributed by atoms with van der Waals surface area (Å²) in [6, 6.07) is 11.5. The second kappa shape index (κ2) is 7.27. The van der Waals surface area contributed by atoms with E-state index in [-0.39, 0.29) is 5.91 Å². The molecule has 0 aliphatic rings. The molecule has 2 rings (SSSR count). The fourth-order valence-corrected chi connectivity index (χ4v) is 2.58. The molecular formula is C18H18BrNO2. The SMILES string of the molecule is COc1ccc(/C=C/C(=O)Nc2cccc(C)c2C)cc1Br. The zero-order valence-electron chi connectivity index (χ0n) is 12.8. The van der Waals surface area contributed by atoms with E-state index in [2.05, 4.69) is 21.2 Å². The first kappa shape index (κ1) is 16.3. The molecule has 2 aromatic rings. The molecule has 0 unspecified atom stereocenters. The average molecular weight is 360 g/mol. The highest BCUT2D eigenvalue weighted by Crippen LogP contribution is 2.26. The van der Waals surface area contributed by atoms with Gasteiger partial charge >= 0.3 is 0 Å². The fraction of sp³-hybridized carbons (Fsp3) is 0.167. The Kier molecular flexibility index (Phi) is 5.39. The van der Waals surface area contributed by atoms with Gasteiger partial charge in [-0.3, -0.25) is 4.79 Å². The monoisotopic (exact) mass is 359 g/mol. The van der Waals surface area contributed by atoms with Crippen molar-refractivity contribution in [2.24, 2.45) is 0 Å². The van der Waals surface area contributed by atoms with Gasteiger partial charge in [0.05, 0.1) is 11.6 Å². The molecule has 0 saturated heterocycles. The van der Waals surface area contributed by atoms with Crippen LogP contribution in [0, 0.1) is 13.8 Å². The number of hydrogen-bond donors (Lipinski definition) is 1. The van der Waals surface area contributed by atoms with Crippen LogP contribution in [0.15, 0.2) is 46.9 Å². The van der Waals surface area contributed by atoms with E-state index in [1.54, 1.807) is 13.2 Å². The van der Waals surface area contributed by atoms with Gasteiger partial charge in [0.15, 0.2) is 0 Å². The highest BCUT2D eigenvalue weighted by atomic mass is 79.9. The van der Waals surface area contributed by atoms with Crippen LogP contribution in [-0.2, 0) is 4.79 Å². The molecule has 0 fully saturated rings. The maximum absolute atomic E-state index is 12.0. The van der Waals surface area contributed by atoms with Crippen molar-refractivity contribution < 1.29 is 9.53 Å². The standard InChI is InChI=1S/C18H18BrNO2/c1-12-5-4-6-16(13(12)2)20-18(21)10-8-14-7-9-17(22-3)15(19)11-14/h4-11H,1-3H3,(H,20,21)/b10-8+. The summed E-state index contributed by atoms with van der Waals surface area (Å²) < 4.78 is 6.03. The molecule has 0 atom stereocenters. The van der Waals surface area contributed by atoms with Gasteiger partial charge in [0.25, 0.3) is 0 Å². The van der Waals surface area contributed by atoms with Crippen molar-refractivity contribution in [3.05, 3.63) is 63.6 Å². The number of nitrogens with one attached hydrogen (secondary N) is 1. The van der Waals surface area contributed by atoms with Crippen LogP contribution in [0.1, 0.15) is 16.7 Å². The van der Waals surface area contributed by atoms with Gasteiger partial charge in [0.2, 0.25) is 5.91 Å². The Morgan fingerprint density at radius 3 is 2.68 bits per heavy atom. The number of aryl methyl sites for hydroxylation is 1. The fourth-order valence-electron chi connectivity index (χ4n) is 2.02. The third-order valence-electron chi connectivity index (χ3n) is 3.47. The molecule has 0 aliphatic heterocycles. The Morgan fingerprint density at radius 2 is 2.00 bits per heavy atom. The summed E-state index contributed by atoms with van der Waals surface area (Å²) in [6.07, 6.45) is 3.29. The average Bonchev–Trinajstić information content (AvgIpc) is 2.50. The first-order valence-corrected chi connectivity index (χ1v) is 7.69. The summed E-state index contributed by atoms with van der Waals surface area (Å²) in [5.41, 5.74) is 3.99. The van der Waals surface area contributed by atoms with Crippen LogP contribution in [0.4, 0.5) is 5.69 Å². The van der Waals surface area contributed by atoms with Gasteiger partial charge in [-0.1, -0.05) is 18.2 Å². The van der Waals surface area contributed by atoms with Gasteiger partial charge in [-0.15, -0.1) is 0 Å². The number of benzene rings is 2. The molecule has 0 heterocycles. The van der Waals surface area contributed by atoms with Crippen molar-refractivity contribution in [1.29, 1.82) is 0 Å². The molecule has 114 valence electrons. The minimum atomic E-state index is -0.152. The van der Waals surface area contributed by atoms with E-state index in [1.807, 2.05) is 50.2 Å². The maximum Gasteiger partial charge on any atom is 0.248 e. The number of rotatable bonds is 4. The van der Waals surface area contributed by atoms with E-state index in [1.165, 1.54) is 6.08 Å². The van der Waals surface area contributed by atoms with Crippen LogP contribution < -0.4 is 10.1 Å². The topological polar surface area (TPSA) is 38.3 Å². The minimum absolute atomic E-state index is 0.152. The summed E-state index contributed by atoms with van der Waals surface area (Å²) in [6.45, 7) is 4.02. The van der Waals surface area contributed by atoms with Crippen molar-refractivity contribution in [1.82, 2.24) is 0 Å².